The van der Waals surface area contributed by atoms with Gasteiger partial charge in [-0.25, -0.2) is 12.8 Å². The summed E-state index contributed by atoms with van der Waals surface area (Å²) in [4.78, 5) is 14.5. The number of halogens is 1. The number of hydrogen-bond donors (Lipinski definition) is 2. The summed E-state index contributed by atoms with van der Waals surface area (Å²) >= 11 is 0. The molecule has 1 saturated heterocycles. The normalized spacial score (nSPS) is 24.1. The third kappa shape index (κ3) is 7.42. The highest BCUT2D eigenvalue weighted by atomic mass is 32.2. The number of rotatable bonds is 11. The maximum atomic E-state index is 13.2. The van der Waals surface area contributed by atoms with Crippen molar-refractivity contribution in [2.24, 2.45) is 17.8 Å². The number of carbonyl (C=O) groups is 1. The van der Waals surface area contributed by atoms with E-state index >= 15 is 0 Å². The lowest BCUT2D eigenvalue weighted by Gasteiger charge is -2.35. The number of piperidine rings is 1. The van der Waals surface area contributed by atoms with E-state index in [0.717, 1.165) is 45.3 Å². The number of hydrogen-bond acceptors (Lipinski definition) is 5. The molecule has 2 aromatic rings. The second-order valence-corrected chi connectivity index (χ2v) is 13.6. The number of carboxylic acid groups (broad SMARTS) is 1. The van der Waals surface area contributed by atoms with E-state index < -0.39 is 27.7 Å². The molecule has 1 heterocycles. The third-order valence-electron chi connectivity index (χ3n) is 8.44. The van der Waals surface area contributed by atoms with Crippen molar-refractivity contribution in [3.8, 4) is 0 Å². The van der Waals surface area contributed by atoms with Gasteiger partial charge in [-0.2, -0.15) is 0 Å². The van der Waals surface area contributed by atoms with Crippen molar-refractivity contribution in [3.05, 3.63) is 66.0 Å². The molecule has 38 heavy (non-hydrogen) atoms. The molecule has 1 saturated carbocycles. The van der Waals surface area contributed by atoms with Crippen molar-refractivity contribution in [3.63, 3.8) is 0 Å². The smallest absolute Gasteiger partial charge is 0.320 e. The minimum absolute atomic E-state index is 0.0209. The van der Waals surface area contributed by atoms with Gasteiger partial charge in [0.25, 0.3) is 0 Å². The molecule has 2 N–H and O–H groups in total. The Morgan fingerprint density at radius 1 is 1.05 bits per heavy atom. The molecule has 1 aliphatic carbocycles. The zero-order chi connectivity index (χ0) is 27.3. The molecule has 0 radical (unpaired) electrons. The first-order chi connectivity index (χ1) is 18.1. The Bertz CT molecular complexity index is 1150. The van der Waals surface area contributed by atoms with Crippen molar-refractivity contribution in [2.75, 3.05) is 25.4 Å². The van der Waals surface area contributed by atoms with Crippen LogP contribution in [0.5, 0.6) is 0 Å². The van der Waals surface area contributed by atoms with Crippen molar-refractivity contribution >= 4 is 15.8 Å². The van der Waals surface area contributed by atoms with Gasteiger partial charge in [0.2, 0.25) is 0 Å². The lowest BCUT2D eigenvalue weighted by Crippen LogP contribution is -2.46. The predicted molar refractivity (Wildman–Crippen MR) is 147 cm³/mol. The Hall–Kier alpha value is -2.29. The largest absolute Gasteiger partial charge is 0.480 e. The molecule has 1 aliphatic heterocycles. The Balaban J connectivity index is 1.32. The van der Waals surface area contributed by atoms with Crippen LogP contribution in [0, 0.1) is 23.6 Å². The van der Waals surface area contributed by atoms with Gasteiger partial charge in [-0.3, -0.25) is 4.79 Å². The fraction of sp³-hybridized carbons (Fsp3) is 0.567. The predicted octanol–water partition coefficient (Wildman–Crippen LogP) is 4.96. The van der Waals surface area contributed by atoms with E-state index in [0.29, 0.717) is 24.2 Å². The van der Waals surface area contributed by atoms with Crippen LogP contribution in [0.15, 0.2) is 59.5 Å². The minimum Gasteiger partial charge on any atom is -0.480 e. The zero-order valence-electron chi connectivity index (χ0n) is 22.4. The molecule has 2 aromatic carbocycles. The maximum Gasteiger partial charge on any atom is 0.320 e. The molecule has 4 rings (SSSR count). The fourth-order valence-corrected chi connectivity index (χ4v) is 7.68. The average Bonchev–Trinajstić information content (AvgIpc) is 3.29. The number of aliphatic carboxylic acids is 1. The molecule has 208 valence electrons. The van der Waals surface area contributed by atoms with Gasteiger partial charge in [0.05, 0.1) is 10.6 Å². The van der Waals surface area contributed by atoms with Crippen molar-refractivity contribution in [1.29, 1.82) is 0 Å². The standard InChI is InChI=1S/C30H41FN2O4S/c1-21(2)29(30(34)35)32-26-18-24(28(19-26)23-6-4-3-5-7-23)20-33-15-12-22(13-16-33)14-17-38(36,37)27-10-8-25(31)9-11-27/h3-11,21-22,24,26,28-29,32H,12-20H2,1-2H3,(H,34,35)/t24-,26?,28-,29?/m1/s1. The van der Waals surface area contributed by atoms with Crippen molar-refractivity contribution in [2.45, 2.75) is 68.8 Å². The molecule has 2 fully saturated rings. The molecule has 0 bridgehead atoms. The molecule has 0 amide bonds. The summed E-state index contributed by atoms with van der Waals surface area (Å²) < 4.78 is 38.5. The number of likely N-dealkylation sites (tertiary alicyclic amines) is 1. The highest BCUT2D eigenvalue weighted by Gasteiger charge is 2.38. The van der Waals surface area contributed by atoms with E-state index in [2.05, 4.69) is 34.5 Å². The molecule has 6 nitrogen and oxygen atoms in total. The van der Waals surface area contributed by atoms with Crippen LogP contribution in [0.4, 0.5) is 4.39 Å². The van der Waals surface area contributed by atoms with Gasteiger partial charge in [0, 0.05) is 12.6 Å². The van der Waals surface area contributed by atoms with Gasteiger partial charge >= 0.3 is 5.97 Å². The summed E-state index contributed by atoms with van der Waals surface area (Å²) in [7, 11) is -3.40. The van der Waals surface area contributed by atoms with Crippen LogP contribution in [0.25, 0.3) is 0 Å². The summed E-state index contributed by atoms with van der Waals surface area (Å²) in [5.74, 6) is 0.0795. The lowest BCUT2D eigenvalue weighted by molar-refractivity contribution is -0.140. The first-order valence-corrected chi connectivity index (χ1v) is 15.5. The number of sulfone groups is 1. The molecule has 4 atom stereocenters. The van der Waals surface area contributed by atoms with Crippen LogP contribution in [-0.4, -0.2) is 61.9 Å². The second-order valence-electron chi connectivity index (χ2n) is 11.5. The Kier molecular flexibility index (Phi) is 9.60. The minimum atomic E-state index is -3.40. The number of benzene rings is 2. The Morgan fingerprint density at radius 3 is 2.32 bits per heavy atom. The molecule has 8 heteroatoms. The third-order valence-corrected chi connectivity index (χ3v) is 10.2. The lowest BCUT2D eigenvalue weighted by atomic mass is 9.87. The van der Waals surface area contributed by atoms with Gasteiger partial charge in [0.15, 0.2) is 9.84 Å². The molecular weight excluding hydrogens is 503 g/mol. The SMILES string of the molecule is CC(C)C(NC1C[C@H](CN2CCC(CCS(=O)(=O)c3ccc(F)cc3)CC2)[C@@H](c2ccccc2)C1)C(=O)O. The topological polar surface area (TPSA) is 86.7 Å². The fourth-order valence-electron chi connectivity index (χ4n) is 6.25. The molecule has 0 aromatic heterocycles. The van der Waals surface area contributed by atoms with E-state index in [9.17, 15) is 22.7 Å². The van der Waals surface area contributed by atoms with Crippen molar-refractivity contribution < 1.29 is 22.7 Å². The van der Waals surface area contributed by atoms with Gasteiger partial charge < -0.3 is 15.3 Å². The number of nitrogens with zero attached hydrogens (tertiary/aromatic N) is 1. The Labute approximate surface area is 226 Å². The molecular formula is C30H41FN2O4S. The van der Waals surface area contributed by atoms with Gasteiger partial charge in [-0.1, -0.05) is 44.2 Å². The number of nitrogens with one attached hydrogen (secondary N) is 1. The summed E-state index contributed by atoms with van der Waals surface area (Å²) in [6, 6.07) is 15.3. The highest BCUT2D eigenvalue weighted by molar-refractivity contribution is 7.91. The summed E-state index contributed by atoms with van der Waals surface area (Å²) in [5, 5.41) is 13.1. The van der Waals surface area contributed by atoms with Crippen LogP contribution in [0.2, 0.25) is 0 Å². The van der Waals surface area contributed by atoms with Crippen LogP contribution in [0.1, 0.15) is 57.4 Å². The van der Waals surface area contributed by atoms with E-state index in [1.165, 1.54) is 29.8 Å². The summed E-state index contributed by atoms with van der Waals surface area (Å²) in [6.07, 6.45) is 4.45. The Morgan fingerprint density at radius 2 is 1.71 bits per heavy atom. The van der Waals surface area contributed by atoms with E-state index in [1.54, 1.807) is 0 Å². The van der Waals surface area contributed by atoms with Gasteiger partial charge in [-0.05, 0) is 98.7 Å². The van der Waals surface area contributed by atoms with E-state index in [1.807, 2.05) is 19.9 Å². The first-order valence-electron chi connectivity index (χ1n) is 13.9. The van der Waals surface area contributed by atoms with E-state index in [4.69, 9.17) is 0 Å². The zero-order valence-corrected chi connectivity index (χ0v) is 23.2. The average molecular weight is 545 g/mol. The van der Waals surface area contributed by atoms with Crippen LogP contribution in [-0.2, 0) is 14.6 Å². The van der Waals surface area contributed by atoms with Crippen LogP contribution in [0.3, 0.4) is 0 Å². The summed E-state index contributed by atoms with van der Waals surface area (Å²) in [5.41, 5.74) is 1.32. The van der Waals surface area contributed by atoms with Crippen LogP contribution >= 0.6 is 0 Å². The second kappa shape index (κ2) is 12.7. The van der Waals surface area contributed by atoms with Crippen molar-refractivity contribution in [1.82, 2.24) is 10.2 Å². The van der Waals surface area contributed by atoms with Crippen LogP contribution < -0.4 is 5.32 Å². The molecule has 0 spiro atoms. The van der Waals surface area contributed by atoms with Gasteiger partial charge in [0.1, 0.15) is 11.9 Å². The number of carboxylic acids is 1. The molecule has 2 unspecified atom stereocenters. The van der Waals surface area contributed by atoms with Gasteiger partial charge in [-0.15, -0.1) is 0 Å². The monoisotopic (exact) mass is 544 g/mol. The molecule has 2 aliphatic rings. The quantitative estimate of drug-likeness (QED) is 0.389. The van der Waals surface area contributed by atoms with E-state index in [-0.39, 0.29) is 22.6 Å². The highest BCUT2D eigenvalue weighted by Crippen LogP contribution is 2.41. The first kappa shape index (κ1) is 28.7. The summed E-state index contributed by atoms with van der Waals surface area (Å²) in [6.45, 7) is 6.75. The maximum absolute atomic E-state index is 13.2.